The van der Waals surface area contributed by atoms with E-state index in [9.17, 15) is 4.79 Å². The lowest BCUT2D eigenvalue weighted by Crippen LogP contribution is -2.59. The van der Waals surface area contributed by atoms with E-state index in [4.69, 9.17) is 4.74 Å². The maximum atomic E-state index is 12.4. The van der Waals surface area contributed by atoms with Gasteiger partial charge in [-0.05, 0) is 27.3 Å². The van der Waals surface area contributed by atoms with E-state index in [0.29, 0.717) is 0 Å². The molecular formula is C16H31NO2. The monoisotopic (exact) mass is 269 g/mol. The van der Waals surface area contributed by atoms with Crippen molar-refractivity contribution in [2.24, 2.45) is 16.2 Å². The van der Waals surface area contributed by atoms with Crippen molar-refractivity contribution < 1.29 is 9.53 Å². The highest BCUT2D eigenvalue weighted by Gasteiger charge is 2.49. The van der Waals surface area contributed by atoms with Gasteiger partial charge in [0.25, 0.3) is 0 Å². The van der Waals surface area contributed by atoms with Crippen LogP contribution in [0.5, 0.6) is 0 Å². The van der Waals surface area contributed by atoms with Crippen molar-refractivity contribution in [2.75, 3.05) is 20.1 Å². The average Bonchev–Trinajstić information content (AvgIpc) is 2.21. The van der Waals surface area contributed by atoms with Gasteiger partial charge in [-0.1, -0.05) is 34.6 Å². The molecule has 1 saturated heterocycles. The van der Waals surface area contributed by atoms with Gasteiger partial charge in [0.2, 0.25) is 0 Å². The second-order valence-corrected chi connectivity index (χ2v) is 8.17. The average molecular weight is 269 g/mol. The van der Waals surface area contributed by atoms with Crippen LogP contribution in [0.25, 0.3) is 0 Å². The molecule has 0 saturated carbocycles. The minimum Gasteiger partial charge on any atom is -0.461 e. The largest absolute Gasteiger partial charge is 0.461 e. The van der Waals surface area contributed by atoms with Gasteiger partial charge in [0.1, 0.15) is 6.10 Å². The minimum atomic E-state index is -0.393. The predicted molar refractivity (Wildman–Crippen MR) is 79.0 cm³/mol. The molecule has 1 heterocycles. The van der Waals surface area contributed by atoms with Crippen molar-refractivity contribution in [1.29, 1.82) is 0 Å². The first-order valence-electron chi connectivity index (χ1n) is 7.32. The van der Waals surface area contributed by atoms with Crippen molar-refractivity contribution in [3.63, 3.8) is 0 Å². The van der Waals surface area contributed by atoms with E-state index in [2.05, 4.69) is 39.6 Å². The van der Waals surface area contributed by atoms with Crippen LogP contribution in [-0.2, 0) is 9.53 Å². The topological polar surface area (TPSA) is 29.5 Å². The second kappa shape index (κ2) is 5.08. The number of hydrogen-bond donors (Lipinski definition) is 0. The van der Waals surface area contributed by atoms with Crippen molar-refractivity contribution >= 4 is 5.97 Å². The lowest BCUT2D eigenvalue weighted by molar-refractivity contribution is -0.186. The number of likely N-dealkylation sites (tertiary alicyclic amines) is 1. The number of piperidine rings is 1. The normalized spacial score (nSPS) is 24.2. The Morgan fingerprint density at radius 3 is 2.00 bits per heavy atom. The summed E-state index contributed by atoms with van der Waals surface area (Å²) in [5.41, 5.74) is -0.429. The molecule has 0 radical (unpaired) electrons. The first kappa shape index (κ1) is 16.5. The van der Waals surface area contributed by atoms with Crippen molar-refractivity contribution in [2.45, 2.75) is 61.0 Å². The van der Waals surface area contributed by atoms with Gasteiger partial charge in [-0.2, -0.15) is 0 Å². The zero-order valence-corrected chi connectivity index (χ0v) is 14.0. The molecule has 3 nitrogen and oxygen atoms in total. The Labute approximate surface area is 118 Å². The summed E-state index contributed by atoms with van der Waals surface area (Å²) in [4.78, 5) is 14.7. The molecule has 0 bridgehead atoms. The molecule has 0 aliphatic carbocycles. The Morgan fingerprint density at radius 2 is 1.63 bits per heavy atom. The lowest BCUT2D eigenvalue weighted by Gasteiger charge is -2.52. The predicted octanol–water partition coefficient (Wildman–Crippen LogP) is 3.33. The molecule has 19 heavy (non-hydrogen) atoms. The van der Waals surface area contributed by atoms with Gasteiger partial charge in [-0.15, -0.1) is 0 Å². The van der Waals surface area contributed by atoms with Gasteiger partial charge in [-0.3, -0.25) is 4.79 Å². The summed E-state index contributed by atoms with van der Waals surface area (Å²) in [5, 5.41) is 0. The number of carbonyl (C=O) groups is 1. The van der Waals surface area contributed by atoms with Gasteiger partial charge < -0.3 is 9.64 Å². The van der Waals surface area contributed by atoms with Crippen LogP contribution in [0.3, 0.4) is 0 Å². The number of carbonyl (C=O) groups excluding carboxylic acids is 1. The van der Waals surface area contributed by atoms with Crippen LogP contribution in [0.1, 0.15) is 54.9 Å². The Hall–Kier alpha value is -0.570. The Morgan fingerprint density at radius 1 is 1.21 bits per heavy atom. The van der Waals surface area contributed by atoms with E-state index in [1.54, 1.807) is 0 Å². The zero-order chi connectivity index (χ0) is 15.1. The minimum absolute atomic E-state index is 0.0179. The second-order valence-electron chi connectivity index (χ2n) is 8.17. The third-order valence-electron chi connectivity index (χ3n) is 4.44. The van der Waals surface area contributed by atoms with Crippen LogP contribution in [0, 0.1) is 16.2 Å². The van der Waals surface area contributed by atoms with Crippen LogP contribution >= 0.6 is 0 Å². The smallest absolute Gasteiger partial charge is 0.311 e. The molecule has 112 valence electrons. The fraction of sp³-hybridized carbons (Fsp3) is 0.938. The highest BCUT2D eigenvalue weighted by Crippen LogP contribution is 2.42. The number of ether oxygens (including phenoxy) is 1. The summed E-state index contributed by atoms with van der Waals surface area (Å²) in [6.45, 7) is 16.7. The zero-order valence-electron chi connectivity index (χ0n) is 14.0. The summed E-state index contributed by atoms with van der Waals surface area (Å²) in [6, 6.07) is 0. The van der Waals surface area contributed by atoms with Gasteiger partial charge in [0, 0.05) is 23.9 Å². The standard InChI is InChI=1S/C16H31NO2/c1-9-14(2,3)13(18)19-12-15(4,5)10-17(8)11-16(12,6)7/h12H,9-11H2,1-8H3. The molecule has 1 fully saturated rings. The summed E-state index contributed by atoms with van der Waals surface area (Å²) in [5.74, 6) is -0.0642. The molecule has 3 heteroatoms. The number of nitrogens with zero attached hydrogens (tertiary/aromatic N) is 1. The third-order valence-corrected chi connectivity index (χ3v) is 4.44. The molecule has 0 aromatic heterocycles. The quantitative estimate of drug-likeness (QED) is 0.736. The van der Waals surface area contributed by atoms with Crippen LogP contribution in [0.15, 0.2) is 0 Å². The Bertz CT molecular complexity index is 327. The van der Waals surface area contributed by atoms with Crippen molar-refractivity contribution in [1.82, 2.24) is 4.90 Å². The maximum absolute atomic E-state index is 12.4. The van der Waals surface area contributed by atoms with E-state index < -0.39 is 5.41 Å². The van der Waals surface area contributed by atoms with E-state index in [1.807, 2.05) is 20.8 Å². The number of rotatable bonds is 3. The van der Waals surface area contributed by atoms with Gasteiger partial charge >= 0.3 is 5.97 Å². The molecule has 0 unspecified atom stereocenters. The molecule has 1 aliphatic heterocycles. The molecule has 0 atom stereocenters. The lowest BCUT2D eigenvalue weighted by atomic mass is 9.68. The van der Waals surface area contributed by atoms with E-state index >= 15 is 0 Å². The molecular weight excluding hydrogens is 238 g/mol. The molecule has 0 amide bonds. The third kappa shape index (κ3) is 3.50. The molecule has 0 aromatic rings. The molecule has 1 aliphatic rings. The van der Waals surface area contributed by atoms with Gasteiger partial charge in [0.05, 0.1) is 5.41 Å². The summed E-state index contributed by atoms with van der Waals surface area (Å²) in [7, 11) is 2.14. The molecule has 0 N–H and O–H groups in total. The fourth-order valence-corrected chi connectivity index (χ4v) is 3.40. The fourth-order valence-electron chi connectivity index (χ4n) is 3.40. The first-order chi connectivity index (χ1) is 8.42. The van der Waals surface area contributed by atoms with Crippen LogP contribution < -0.4 is 0 Å². The number of esters is 1. The van der Waals surface area contributed by atoms with Crippen LogP contribution in [-0.4, -0.2) is 37.1 Å². The molecule has 0 aromatic carbocycles. The number of hydrogen-bond acceptors (Lipinski definition) is 3. The summed E-state index contributed by atoms with van der Waals surface area (Å²) < 4.78 is 5.96. The first-order valence-corrected chi connectivity index (χ1v) is 7.32. The van der Waals surface area contributed by atoms with E-state index in [1.165, 1.54) is 0 Å². The summed E-state index contributed by atoms with van der Waals surface area (Å²) in [6.07, 6.45) is 0.772. The maximum Gasteiger partial charge on any atom is 0.311 e. The summed E-state index contributed by atoms with van der Waals surface area (Å²) >= 11 is 0. The van der Waals surface area contributed by atoms with Crippen molar-refractivity contribution in [3.05, 3.63) is 0 Å². The van der Waals surface area contributed by atoms with Crippen molar-refractivity contribution in [3.8, 4) is 0 Å². The van der Waals surface area contributed by atoms with Gasteiger partial charge in [-0.25, -0.2) is 0 Å². The van der Waals surface area contributed by atoms with Gasteiger partial charge in [0.15, 0.2) is 0 Å². The Balaban J connectivity index is 2.94. The van der Waals surface area contributed by atoms with Crippen LogP contribution in [0.4, 0.5) is 0 Å². The van der Waals surface area contributed by atoms with E-state index in [0.717, 1.165) is 19.5 Å². The van der Waals surface area contributed by atoms with E-state index in [-0.39, 0.29) is 22.9 Å². The highest BCUT2D eigenvalue weighted by atomic mass is 16.5. The molecule has 1 rings (SSSR count). The highest BCUT2D eigenvalue weighted by molar-refractivity contribution is 5.76. The van der Waals surface area contributed by atoms with Crippen LogP contribution in [0.2, 0.25) is 0 Å². The Kier molecular flexibility index (Phi) is 4.41. The SMILES string of the molecule is CCC(C)(C)C(=O)OC1C(C)(C)CN(C)CC1(C)C. The molecule has 0 spiro atoms.